The summed E-state index contributed by atoms with van der Waals surface area (Å²) in [6.07, 6.45) is 0. The highest BCUT2D eigenvalue weighted by Crippen LogP contribution is 2.27. The van der Waals surface area contributed by atoms with Crippen molar-refractivity contribution >= 4 is 12.4 Å². The van der Waals surface area contributed by atoms with Crippen LogP contribution in [0.3, 0.4) is 0 Å². The molecule has 1 aromatic rings. The molecular weight excluding hydrogens is 238 g/mol. The summed E-state index contributed by atoms with van der Waals surface area (Å²) in [5.41, 5.74) is 1.21. The van der Waals surface area contributed by atoms with Crippen LogP contribution >= 0.6 is 12.4 Å². The molecule has 0 spiro atoms. The molecule has 0 aromatic heterocycles. The van der Waals surface area contributed by atoms with Gasteiger partial charge in [-0.05, 0) is 24.6 Å². The van der Waals surface area contributed by atoms with Crippen LogP contribution in [0.1, 0.15) is 26.3 Å². The first-order chi connectivity index (χ1) is 7.67. The molecule has 4 heteroatoms. The highest BCUT2D eigenvalue weighted by atomic mass is 35.5. The van der Waals surface area contributed by atoms with E-state index in [1.807, 2.05) is 19.1 Å². The molecule has 0 aliphatic heterocycles. The Kier molecular flexibility index (Phi) is 7.75. The van der Waals surface area contributed by atoms with Crippen LogP contribution in [0.5, 0.6) is 11.5 Å². The smallest absolute Gasteiger partial charge is 0.161 e. The van der Waals surface area contributed by atoms with Crippen molar-refractivity contribution in [2.75, 3.05) is 13.7 Å². The third-order valence-corrected chi connectivity index (χ3v) is 2.24. The lowest BCUT2D eigenvalue weighted by Crippen LogP contribution is -2.21. The van der Waals surface area contributed by atoms with Gasteiger partial charge < -0.3 is 14.8 Å². The van der Waals surface area contributed by atoms with Gasteiger partial charge >= 0.3 is 0 Å². The Hall–Kier alpha value is -0.930. The van der Waals surface area contributed by atoms with Crippen molar-refractivity contribution in [3.63, 3.8) is 0 Å². The third-order valence-electron chi connectivity index (χ3n) is 2.24. The van der Waals surface area contributed by atoms with Gasteiger partial charge in [0.05, 0.1) is 13.7 Å². The van der Waals surface area contributed by atoms with Crippen molar-refractivity contribution in [2.24, 2.45) is 0 Å². The largest absolute Gasteiger partial charge is 0.493 e. The second-order valence-electron chi connectivity index (χ2n) is 3.95. The van der Waals surface area contributed by atoms with Crippen LogP contribution in [0.2, 0.25) is 0 Å². The number of ether oxygens (including phenoxy) is 2. The van der Waals surface area contributed by atoms with Crippen LogP contribution in [0.15, 0.2) is 18.2 Å². The standard InChI is InChI=1S/C13H21NO2.ClH/c1-5-16-13-8-11(9-14-10(2)3)6-7-12(13)15-4;/h6-8,10,14H,5,9H2,1-4H3;1H. The summed E-state index contributed by atoms with van der Waals surface area (Å²) in [7, 11) is 1.66. The van der Waals surface area contributed by atoms with Gasteiger partial charge in [0.15, 0.2) is 11.5 Å². The van der Waals surface area contributed by atoms with Gasteiger partial charge in [-0.2, -0.15) is 0 Å². The molecule has 0 unspecified atom stereocenters. The lowest BCUT2D eigenvalue weighted by atomic mass is 10.2. The van der Waals surface area contributed by atoms with Crippen molar-refractivity contribution in [1.82, 2.24) is 5.32 Å². The SMILES string of the molecule is CCOc1cc(CNC(C)C)ccc1OC.Cl. The number of nitrogens with one attached hydrogen (secondary N) is 1. The van der Waals surface area contributed by atoms with E-state index in [1.54, 1.807) is 7.11 Å². The van der Waals surface area contributed by atoms with E-state index in [9.17, 15) is 0 Å². The fourth-order valence-electron chi connectivity index (χ4n) is 1.42. The van der Waals surface area contributed by atoms with Crippen LogP contribution in [0.25, 0.3) is 0 Å². The van der Waals surface area contributed by atoms with Crippen LogP contribution in [-0.2, 0) is 6.54 Å². The van der Waals surface area contributed by atoms with Gasteiger partial charge in [0.1, 0.15) is 0 Å². The van der Waals surface area contributed by atoms with Crippen molar-refractivity contribution in [3.8, 4) is 11.5 Å². The number of hydrogen-bond donors (Lipinski definition) is 1. The van der Waals surface area contributed by atoms with E-state index in [4.69, 9.17) is 9.47 Å². The Morgan fingerprint density at radius 3 is 2.47 bits per heavy atom. The van der Waals surface area contributed by atoms with Gasteiger partial charge in [-0.15, -0.1) is 12.4 Å². The monoisotopic (exact) mass is 259 g/mol. The molecular formula is C13H22ClNO2. The number of hydrogen-bond acceptors (Lipinski definition) is 3. The van der Waals surface area contributed by atoms with E-state index in [2.05, 4.69) is 25.2 Å². The van der Waals surface area contributed by atoms with Gasteiger partial charge in [0, 0.05) is 12.6 Å². The summed E-state index contributed by atoms with van der Waals surface area (Å²) in [4.78, 5) is 0. The predicted octanol–water partition coefficient (Wildman–Crippen LogP) is 3.01. The molecule has 0 bridgehead atoms. The number of methoxy groups -OCH3 is 1. The van der Waals surface area contributed by atoms with Gasteiger partial charge in [-0.1, -0.05) is 19.9 Å². The first-order valence-corrected chi connectivity index (χ1v) is 5.70. The first kappa shape index (κ1) is 16.1. The summed E-state index contributed by atoms with van der Waals surface area (Å²) >= 11 is 0. The molecule has 0 amide bonds. The molecule has 0 heterocycles. The summed E-state index contributed by atoms with van der Waals surface area (Å²) in [6.45, 7) is 7.73. The Morgan fingerprint density at radius 1 is 1.24 bits per heavy atom. The Labute approximate surface area is 110 Å². The van der Waals surface area contributed by atoms with Crippen LogP contribution in [0.4, 0.5) is 0 Å². The molecule has 0 saturated heterocycles. The molecule has 0 saturated carbocycles. The zero-order valence-corrected chi connectivity index (χ0v) is 11.8. The molecule has 0 atom stereocenters. The quantitative estimate of drug-likeness (QED) is 0.852. The highest BCUT2D eigenvalue weighted by Gasteiger charge is 2.05. The molecule has 1 N–H and O–H groups in total. The third kappa shape index (κ3) is 5.29. The topological polar surface area (TPSA) is 30.5 Å². The first-order valence-electron chi connectivity index (χ1n) is 5.70. The summed E-state index contributed by atoms with van der Waals surface area (Å²) in [6, 6.07) is 6.51. The summed E-state index contributed by atoms with van der Waals surface area (Å²) in [5, 5.41) is 3.37. The van der Waals surface area contributed by atoms with Gasteiger partial charge in [-0.25, -0.2) is 0 Å². The van der Waals surface area contributed by atoms with E-state index in [-0.39, 0.29) is 12.4 Å². The molecule has 0 fully saturated rings. The van der Waals surface area contributed by atoms with E-state index in [0.717, 1.165) is 18.0 Å². The normalized spacial score (nSPS) is 9.94. The second-order valence-corrected chi connectivity index (χ2v) is 3.95. The maximum Gasteiger partial charge on any atom is 0.161 e. The van der Waals surface area contributed by atoms with E-state index in [0.29, 0.717) is 12.6 Å². The van der Waals surface area contributed by atoms with Gasteiger partial charge in [0.25, 0.3) is 0 Å². The highest BCUT2D eigenvalue weighted by molar-refractivity contribution is 5.85. The molecule has 98 valence electrons. The zero-order chi connectivity index (χ0) is 12.0. The van der Waals surface area contributed by atoms with Crippen molar-refractivity contribution < 1.29 is 9.47 Å². The van der Waals surface area contributed by atoms with Crippen LogP contribution < -0.4 is 14.8 Å². The Balaban J connectivity index is 0.00000256. The average Bonchev–Trinajstić information content (AvgIpc) is 2.27. The van der Waals surface area contributed by atoms with E-state index < -0.39 is 0 Å². The minimum atomic E-state index is 0. The molecule has 3 nitrogen and oxygen atoms in total. The van der Waals surface area contributed by atoms with Crippen molar-refractivity contribution in [3.05, 3.63) is 23.8 Å². The zero-order valence-electron chi connectivity index (χ0n) is 10.9. The number of rotatable bonds is 6. The minimum Gasteiger partial charge on any atom is -0.493 e. The maximum atomic E-state index is 5.52. The lowest BCUT2D eigenvalue weighted by molar-refractivity contribution is 0.310. The van der Waals surface area contributed by atoms with E-state index >= 15 is 0 Å². The fourth-order valence-corrected chi connectivity index (χ4v) is 1.42. The van der Waals surface area contributed by atoms with Gasteiger partial charge in [0.2, 0.25) is 0 Å². The van der Waals surface area contributed by atoms with E-state index in [1.165, 1.54) is 5.56 Å². The van der Waals surface area contributed by atoms with Crippen LogP contribution in [0, 0.1) is 0 Å². The molecule has 1 rings (SSSR count). The maximum absolute atomic E-state index is 5.52. The molecule has 1 aromatic carbocycles. The van der Waals surface area contributed by atoms with Gasteiger partial charge in [-0.3, -0.25) is 0 Å². The molecule has 0 aliphatic carbocycles. The Morgan fingerprint density at radius 2 is 1.94 bits per heavy atom. The Bertz CT molecular complexity index is 329. The molecule has 17 heavy (non-hydrogen) atoms. The fraction of sp³-hybridized carbons (Fsp3) is 0.538. The minimum absolute atomic E-state index is 0. The number of benzene rings is 1. The predicted molar refractivity (Wildman–Crippen MR) is 73.4 cm³/mol. The summed E-state index contributed by atoms with van der Waals surface area (Å²) in [5.74, 6) is 1.60. The van der Waals surface area contributed by atoms with Crippen molar-refractivity contribution in [1.29, 1.82) is 0 Å². The average molecular weight is 260 g/mol. The molecule has 0 aliphatic rings. The second kappa shape index (κ2) is 8.20. The summed E-state index contributed by atoms with van der Waals surface area (Å²) < 4.78 is 10.8. The van der Waals surface area contributed by atoms with Crippen LogP contribution in [-0.4, -0.2) is 19.8 Å². The van der Waals surface area contributed by atoms with Crippen molar-refractivity contribution in [2.45, 2.75) is 33.4 Å². The number of halogens is 1. The molecule has 0 radical (unpaired) electrons. The lowest BCUT2D eigenvalue weighted by Gasteiger charge is -2.12.